The van der Waals surface area contributed by atoms with Gasteiger partial charge in [0.1, 0.15) is 0 Å². The zero-order valence-electron chi connectivity index (χ0n) is 14.8. The van der Waals surface area contributed by atoms with Gasteiger partial charge >= 0.3 is 0 Å². The van der Waals surface area contributed by atoms with E-state index < -0.39 is 0 Å². The van der Waals surface area contributed by atoms with E-state index in [1.54, 1.807) is 12.1 Å². The zero-order valence-corrected chi connectivity index (χ0v) is 15.5. The Labute approximate surface area is 158 Å². The highest BCUT2D eigenvalue weighted by molar-refractivity contribution is 6.31. The van der Waals surface area contributed by atoms with Gasteiger partial charge in [-0.05, 0) is 35.4 Å². The molecule has 26 heavy (non-hydrogen) atoms. The Morgan fingerprint density at radius 1 is 1.23 bits per heavy atom. The number of rotatable bonds is 3. The van der Waals surface area contributed by atoms with E-state index >= 15 is 0 Å². The lowest BCUT2D eigenvalue weighted by molar-refractivity contribution is -0.384. The Balaban J connectivity index is 1.85. The first-order valence-electron chi connectivity index (χ1n) is 8.97. The van der Waals surface area contributed by atoms with Crippen molar-refractivity contribution >= 4 is 23.0 Å². The fourth-order valence-electron chi connectivity index (χ4n) is 4.32. The van der Waals surface area contributed by atoms with Crippen LogP contribution in [0.5, 0.6) is 0 Å². The normalized spacial score (nSPS) is 23.5. The van der Waals surface area contributed by atoms with Crippen LogP contribution in [0.25, 0.3) is 0 Å². The Hall–Kier alpha value is -2.33. The quantitative estimate of drug-likeness (QED) is 0.398. The van der Waals surface area contributed by atoms with Crippen molar-refractivity contribution in [1.29, 1.82) is 0 Å². The molecule has 0 fully saturated rings. The number of benzene rings is 2. The third kappa shape index (κ3) is 2.69. The SMILES string of the molecule is CC(C)c1cccc2c1N[C@H](c1cc([N+](=O)[O-])ccc1Cl)[C@H]1CC=C[C@@H]21. The molecule has 4 rings (SSSR count). The fraction of sp³-hybridized carbons (Fsp3) is 0.333. The summed E-state index contributed by atoms with van der Waals surface area (Å²) in [7, 11) is 0. The maximum atomic E-state index is 11.2. The average molecular weight is 369 g/mol. The van der Waals surface area contributed by atoms with Gasteiger partial charge in [-0.2, -0.15) is 0 Å². The number of nitro groups is 1. The lowest BCUT2D eigenvalue weighted by Crippen LogP contribution is -2.30. The molecule has 0 radical (unpaired) electrons. The van der Waals surface area contributed by atoms with Gasteiger partial charge in [0.15, 0.2) is 0 Å². The minimum atomic E-state index is -0.361. The van der Waals surface area contributed by atoms with Gasteiger partial charge in [0.25, 0.3) is 5.69 Å². The number of fused-ring (bicyclic) bond motifs is 3. The molecule has 2 aromatic carbocycles. The number of hydrogen-bond donors (Lipinski definition) is 1. The predicted octanol–water partition coefficient (Wildman–Crippen LogP) is 6.20. The molecule has 1 heterocycles. The van der Waals surface area contributed by atoms with Gasteiger partial charge < -0.3 is 5.32 Å². The summed E-state index contributed by atoms with van der Waals surface area (Å²) in [6, 6.07) is 11.1. The van der Waals surface area contributed by atoms with Crippen LogP contribution in [-0.2, 0) is 0 Å². The van der Waals surface area contributed by atoms with E-state index in [1.807, 2.05) is 0 Å². The van der Waals surface area contributed by atoms with Crippen LogP contribution < -0.4 is 5.32 Å². The molecule has 0 bridgehead atoms. The number of nitrogens with one attached hydrogen (secondary N) is 1. The van der Waals surface area contributed by atoms with E-state index in [0.717, 1.165) is 17.7 Å². The number of non-ortho nitro benzene ring substituents is 1. The molecule has 0 saturated heterocycles. The van der Waals surface area contributed by atoms with Crippen LogP contribution in [0.15, 0.2) is 48.6 Å². The van der Waals surface area contributed by atoms with Crippen LogP contribution in [0.1, 0.15) is 54.8 Å². The Morgan fingerprint density at radius 3 is 2.77 bits per heavy atom. The van der Waals surface area contributed by atoms with Crippen molar-refractivity contribution in [2.24, 2.45) is 5.92 Å². The lowest BCUT2D eigenvalue weighted by Gasteiger charge is -2.39. The van der Waals surface area contributed by atoms with Gasteiger partial charge in [-0.15, -0.1) is 0 Å². The summed E-state index contributed by atoms with van der Waals surface area (Å²) in [6.07, 6.45) is 5.42. The minimum Gasteiger partial charge on any atom is -0.377 e. The van der Waals surface area contributed by atoms with Gasteiger partial charge in [-0.25, -0.2) is 0 Å². The molecule has 0 unspecified atom stereocenters. The van der Waals surface area contributed by atoms with Crippen LogP contribution in [-0.4, -0.2) is 4.92 Å². The molecule has 0 aromatic heterocycles. The van der Waals surface area contributed by atoms with Gasteiger partial charge in [-0.1, -0.05) is 55.8 Å². The molecule has 1 aliphatic carbocycles. The highest BCUT2D eigenvalue weighted by Gasteiger charge is 2.39. The number of hydrogen-bond acceptors (Lipinski definition) is 3. The van der Waals surface area contributed by atoms with E-state index in [-0.39, 0.29) is 16.7 Å². The van der Waals surface area contributed by atoms with Crippen molar-refractivity contribution in [2.75, 3.05) is 5.32 Å². The largest absolute Gasteiger partial charge is 0.377 e. The molecular formula is C21H21ClN2O2. The van der Waals surface area contributed by atoms with E-state index in [4.69, 9.17) is 11.6 Å². The number of anilines is 1. The molecule has 3 atom stereocenters. The molecule has 4 nitrogen and oxygen atoms in total. The fourth-order valence-corrected chi connectivity index (χ4v) is 4.55. The van der Waals surface area contributed by atoms with Crippen LogP contribution in [0.2, 0.25) is 5.02 Å². The van der Waals surface area contributed by atoms with Crippen LogP contribution in [0, 0.1) is 16.0 Å². The smallest absolute Gasteiger partial charge is 0.269 e. The van der Waals surface area contributed by atoms with Gasteiger partial charge in [0, 0.05) is 34.3 Å². The standard InChI is InChI=1S/C21H21ClN2O2/c1-12(2)14-5-3-7-16-15-6-4-8-17(15)21(23-20(14)16)18-11-13(24(25)26)9-10-19(18)22/h3-7,9-12,15,17,21,23H,8H2,1-2H3/t15-,17-,21-/m0/s1. The topological polar surface area (TPSA) is 55.2 Å². The van der Waals surface area contributed by atoms with E-state index in [9.17, 15) is 10.1 Å². The predicted molar refractivity (Wildman–Crippen MR) is 105 cm³/mol. The Morgan fingerprint density at radius 2 is 2.04 bits per heavy atom. The molecule has 134 valence electrons. The minimum absolute atomic E-state index is 0.0465. The summed E-state index contributed by atoms with van der Waals surface area (Å²) in [5, 5.41) is 15.5. The second-order valence-corrected chi connectivity index (χ2v) is 7.81. The number of nitrogens with zero attached hydrogens (tertiary/aromatic N) is 1. The number of allylic oxidation sites excluding steroid dienone is 2. The average Bonchev–Trinajstić information content (AvgIpc) is 3.10. The number of nitro benzene ring substituents is 1. The summed E-state index contributed by atoms with van der Waals surface area (Å²) in [6.45, 7) is 4.37. The summed E-state index contributed by atoms with van der Waals surface area (Å²) >= 11 is 6.47. The molecule has 0 saturated carbocycles. The van der Waals surface area contributed by atoms with Crippen LogP contribution in [0.3, 0.4) is 0 Å². The maximum absolute atomic E-state index is 11.2. The number of halogens is 1. The van der Waals surface area contributed by atoms with E-state index in [2.05, 4.69) is 49.5 Å². The molecule has 2 aliphatic rings. The first kappa shape index (κ1) is 17.1. The molecule has 2 aromatic rings. The highest BCUT2D eigenvalue weighted by Crippen LogP contribution is 2.52. The molecule has 5 heteroatoms. The second kappa shape index (κ2) is 6.44. The molecule has 0 amide bonds. The van der Waals surface area contributed by atoms with Crippen LogP contribution >= 0.6 is 11.6 Å². The highest BCUT2D eigenvalue weighted by atomic mass is 35.5. The van der Waals surface area contributed by atoms with Crippen molar-refractivity contribution < 1.29 is 4.92 Å². The van der Waals surface area contributed by atoms with Crippen LogP contribution in [0.4, 0.5) is 11.4 Å². The molecular weight excluding hydrogens is 348 g/mol. The molecule has 1 N–H and O–H groups in total. The van der Waals surface area contributed by atoms with E-state index in [0.29, 0.717) is 22.8 Å². The van der Waals surface area contributed by atoms with Crippen molar-refractivity contribution in [3.05, 3.63) is 80.4 Å². The maximum Gasteiger partial charge on any atom is 0.269 e. The summed E-state index contributed by atoms with van der Waals surface area (Å²) in [5.74, 6) is 1.01. The lowest BCUT2D eigenvalue weighted by atomic mass is 9.75. The van der Waals surface area contributed by atoms with Crippen molar-refractivity contribution in [1.82, 2.24) is 0 Å². The Kier molecular flexibility index (Phi) is 4.23. The summed E-state index contributed by atoms with van der Waals surface area (Å²) < 4.78 is 0. The molecule has 1 aliphatic heterocycles. The first-order chi connectivity index (χ1) is 12.5. The first-order valence-corrected chi connectivity index (χ1v) is 9.35. The summed E-state index contributed by atoms with van der Waals surface area (Å²) in [4.78, 5) is 10.9. The third-order valence-corrected chi connectivity index (χ3v) is 5.92. The van der Waals surface area contributed by atoms with Gasteiger partial charge in [0.05, 0.1) is 11.0 Å². The van der Waals surface area contributed by atoms with E-state index in [1.165, 1.54) is 17.2 Å². The van der Waals surface area contributed by atoms with Crippen molar-refractivity contribution in [2.45, 2.75) is 38.1 Å². The third-order valence-electron chi connectivity index (χ3n) is 5.58. The zero-order chi connectivity index (χ0) is 18.4. The summed E-state index contributed by atoms with van der Waals surface area (Å²) in [5.41, 5.74) is 4.63. The molecule has 0 spiro atoms. The second-order valence-electron chi connectivity index (χ2n) is 7.40. The number of para-hydroxylation sites is 1. The van der Waals surface area contributed by atoms with Gasteiger partial charge in [-0.3, -0.25) is 10.1 Å². The van der Waals surface area contributed by atoms with Crippen molar-refractivity contribution in [3.63, 3.8) is 0 Å². The van der Waals surface area contributed by atoms with Gasteiger partial charge in [0.2, 0.25) is 0 Å². The monoisotopic (exact) mass is 368 g/mol. The van der Waals surface area contributed by atoms with Crippen molar-refractivity contribution in [3.8, 4) is 0 Å². The Bertz CT molecular complexity index is 907.